The maximum absolute atomic E-state index is 11.9. The standard InChI is InChI=1S/C12H20N2O5/c1-3-8(10(15)16)7-13-12(18)14-6-4-5-9(14)11(17)19-2/h8-9H,3-7H2,1-2H3,(H,13,18)(H,15,16). The van der Waals surface area contributed by atoms with Gasteiger partial charge in [0, 0.05) is 13.1 Å². The number of amides is 2. The van der Waals surface area contributed by atoms with E-state index in [0.29, 0.717) is 19.4 Å². The lowest BCUT2D eigenvalue weighted by Crippen LogP contribution is -2.47. The molecule has 0 bridgehead atoms. The Bertz CT molecular complexity index is 358. The van der Waals surface area contributed by atoms with Crippen molar-refractivity contribution in [2.45, 2.75) is 32.2 Å². The van der Waals surface area contributed by atoms with Crippen molar-refractivity contribution in [3.8, 4) is 0 Å². The van der Waals surface area contributed by atoms with Gasteiger partial charge in [0.25, 0.3) is 0 Å². The molecule has 1 saturated heterocycles. The molecule has 1 heterocycles. The number of carboxylic acids is 1. The summed E-state index contributed by atoms with van der Waals surface area (Å²) >= 11 is 0. The molecule has 1 aliphatic heterocycles. The van der Waals surface area contributed by atoms with Gasteiger partial charge in [-0.1, -0.05) is 6.92 Å². The summed E-state index contributed by atoms with van der Waals surface area (Å²) in [5.41, 5.74) is 0. The Morgan fingerprint density at radius 1 is 1.47 bits per heavy atom. The van der Waals surface area contributed by atoms with Crippen molar-refractivity contribution < 1.29 is 24.2 Å². The van der Waals surface area contributed by atoms with E-state index in [2.05, 4.69) is 10.1 Å². The van der Waals surface area contributed by atoms with Crippen LogP contribution in [0.2, 0.25) is 0 Å². The van der Waals surface area contributed by atoms with Gasteiger partial charge in [0.1, 0.15) is 6.04 Å². The third kappa shape index (κ3) is 3.84. The summed E-state index contributed by atoms with van der Waals surface area (Å²) in [5.74, 6) is -1.98. The van der Waals surface area contributed by atoms with Crippen LogP contribution in [-0.4, -0.2) is 54.2 Å². The summed E-state index contributed by atoms with van der Waals surface area (Å²) in [6, 6.07) is -0.970. The van der Waals surface area contributed by atoms with Crippen molar-refractivity contribution in [2.24, 2.45) is 5.92 Å². The Morgan fingerprint density at radius 3 is 2.68 bits per heavy atom. The van der Waals surface area contributed by atoms with Crippen LogP contribution < -0.4 is 5.32 Å². The number of hydrogen-bond donors (Lipinski definition) is 2. The Kier molecular flexibility index (Phi) is 5.59. The number of urea groups is 1. The van der Waals surface area contributed by atoms with Crippen molar-refractivity contribution in [1.29, 1.82) is 0 Å². The molecule has 0 aliphatic carbocycles. The minimum Gasteiger partial charge on any atom is -0.481 e. The fourth-order valence-electron chi connectivity index (χ4n) is 2.11. The van der Waals surface area contributed by atoms with Crippen LogP contribution >= 0.6 is 0 Å². The first-order chi connectivity index (χ1) is 9.01. The van der Waals surface area contributed by atoms with Crippen LogP contribution in [0.25, 0.3) is 0 Å². The highest BCUT2D eigenvalue weighted by molar-refractivity contribution is 5.84. The average Bonchev–Trinajstić information content (AvgIpc) is 2.87. The fraction of sp³-hybridized carbons (Fsp3) is 0.750. The second-order valence-corrected chi connectivity index (χ2v) is 4.50. The van der Waals surface area contributed by atoms with E-state index in [1.807, 2.05) is 0 Å². The molecule has 0 aromatic carbocycles. The van der Waals surface area contributed by atoms with Crippen molar-refractivity contribution in [1.82, 2.24) is 10.2 Å². The highest BCUT2D eigenvalue weighted by Gasteiger charge is 2.35. The van der Waals surface area contributed by atoms with Crippen LogP contribution in [0.5, 0.6) is 0 Å². The number of nitrogens with one attached hydrogen (secondary N) is 1. The minimum atomic E-state index is -0.936. The normalized spacial score (nSPS) is 19.9. The van der Waals surface area contributed by atoms with Gasteiger partial charge in [-0.15, -0.1) is 0 Å². The van der Waals surface area contributed by atoms with Crippen LogP contribution in [-0.2, 0) is 14.3 Å². The third-order valence-corrected chi connectivity index (χ3v) is 3.33. The number of likely N-dealkylation sites (tertiary alicyclic amines) is 1. The van der Waals surface area contributed by atoms with Gasteiger partial charge in [-0.2, -0.15) is 0 Å². The first kappa shape index (κ1) is 15.3. The lowest BCUT2D eigenvalue weighted by Gasteiger charge is -2.23. The molecule has 1 aliphatic rings. The van der Waals surface area contributed by atoms with E-state index < -0.39 is 29.9 Å². The zero-order valence-corrected chi connectivity index (χ0v) is 11.2. The molecule has 0 aromatic rings. The third-order valence-electron chi connectivity index (χ3n) is 3.33. The predicted molar refractivity (Wildman–Crippen MR) is 66.6 cm³/mol. The molecule has 2 N–H and O–H groups in total. The number of hydrogen-bond acceptors (Lipinski definition) is 4. The quantitative estimate of drug-likeness (QED) is 0.708. The number of ether oxygens (including phenoxy) is 1. The zero-order chi connectivity index (χ0) is 14.4. The molecule has 7 heteroatoms. The molecule has 1 rings (SSSR count). The Hall–Kier alpha value is -1.79. The number of carbonyl (C=O) groups is 3. The van der Waals surface area contributed by atoms with E-state index >= 15 is 0 Å². The van der Waals surface area contributed by atoms with Crippen molar-refractivity contribution in [3.05, 3.63) is 0 Å². The number of carbonyl (C=O) groups excluding carboxylic acids is 2. The van der Waals surface area contributed by atoms with Crippen LogP contribution in [0.15, 0.2) is 0 Å². The molecule has 2 amide bonds. The molecule has 0 radical (unpaired) electrons. The topological polar surface area (TPSA) is 95.9 Å². The first-order valence-electron chi connectivity index (χ1n) is 6.36. The van der Waals surface area contributed by atoms with Crippen molar-refractivity contribution in [2.75, 3.05) is 20.2 Å². The Labute approximate surface area is 111 Å². The van der Waals surface area contributed by atoms with Crippen LogP contribution in [0, 0.1) is 5.92 Å². The molecular weight excluding hydrogens is 252 g/mol. The molecule has 2 atom stereocenters. The van der Waals surface area contributed by atoms with Crippen LogP contribution in [0.1, 0.15) is 26.2 Å². The van der Waals surface area contributed by atoms with Gasteiger partial charge >= 0.3 is 18.0 Å². The molecule has 0 spiro atoms. The SMILES string of the molecule is CCC(CNC(=O)N1CCCC1C(=O)OC)C(=O)O. The van der Waals surface area contributed by atoms with Crippen LogP contribution in [0.4, 0.5) is 4.79 Å². The molecule has 7 nitrogen and oxygen atoms in total. The number of carboxylic acid groups (broad SMARTS) is 1. The van der Waals surface area contributed by atoms with Gasteiger partial charge in [0.15, 0.2) is 0 Å². The number of aliphatic carboxylic acids is 1. The van der Waals surface area contributed by atoms with Gasteiger partial charge in [-0.05, 0) is 19.3 Å². The maximum Gasteiger partial charge on any atom is 0.328 e. The summed E-state index contributed by atoms with van der Waals surface area (Å²) in [4.78, 5) is 35.7. The average molecular weight is 272 g/mol. The van der Waals surface area contributed by atoms with Gasteiger partial charge in [-0.25, -0.2) is 9.59 Å². The number of methoxy groups -OCH3 is 1. The van der Waals surface area contributed by atoms with Gasteiger partial charge in [-0.3, -0.25) is 4.79 Å². The maximum atomic E-state index is 11.9. The second kappa shape index (κ2) is 6.96. The highest BCUT2D eigenvalue weighted by Crippen LogP contribution is 2.18. The summed E-state index contributed by atoms with van der Waals surface area (Å²) in [6.07, 6.45) is 1.76. The van der Waals surface area contributed by atoms with E-state index in [4.69, 9.17) is 5.11 Å². The second-order valence-electron chi connectivity index (χ2n) is 4.50. The predicted octanol–water partition coefficient (Wildman–Crippen LogP) is 0.444. The van der Waals surface area contributed by atoms with Gasteiger partial charge in [0.05, 0.1) is 13.0 Å². The van der Waals surface area contributed by atoms with E-state index in [1.165, 1.54) is 12.0 Å². The number of esters is 1. The zero-order valence-electron chi connectivity index (χ0n) is 11.2. The molecule has 108 valence electrons. The van der Waals surface area contributed by atoms with Gasteiger partial charge < -0.3 is 20.1 Å². The summed E-state index contributed by atoms with van der Waals surface area (Å²) in [5, 5.41) is 11.5. The molecule has 2 unspecified atom stereocenters. The summed E-state index contributed by atoms with van der Waals surface area (Å²) in [7, 11) is 1.29. The summed E-state index contributed by atoms with van der Waals surface area (Å²) in [6.45, 7) is 2.29. The molecule has 19 heavy (non-hydrogen) atoms. The lowest BCUT2D eigenvalue weighted by atomic mass is 10.1. The summed E-state index contributed by atoms with van der Waals surface area (Å²) < 4.78 is 4.64. The number of rotatable bonds is 5. The number of nitrogens with zero attached hydrogens (tertiary/aromatic N) is 1. The molecule has 0 aromatic heterocycles. The van der Waals surface area contributed by atoms with Crippen molar-refractivity contribution >= 4 is 18.0 Å². The van der Waals surface area contributed by atoms with Crippen LogP contribution in [0.3, 0.4) is 0 Å². The molecule has 1 fully saturated rings. The lowest BCUT2D eigenvalue weighted by molar-refractivity contribution is -0.145. The van der Waals surface area contributed by atoms with Gasteiger partial charge in [0.2, 0.25) is 0 Å². The highest BCUT2D eigenvalue weighted by atomic mass is 16.5. The molecular formula is C12H20N2O5. The fourth-order valence-corrected chi connectivity index (χ4v) is 2.11. The van der Waals surface area contributed by atoms with E-state index in [1.54, 1.807) is 6.92 Å². The van der Waals surface area contributed by atoms with E-state index in [-0.39, 0.29) is 6.54 Å². The van der Waals surface area contributed by atoms with E-state index in [0.717, 1.165) is 6.42 Å². The first-order valence-corrected chi connectivity index (χ1v) is 6.36. The van der Waals surface area contributed by atoms with E-state index in [9.17, 15) is 14.4 Å². The monoisotopic (exact) mass is 272 g/mol. The molecule has 0 saturated carbocycles. The largest absolute Gasteiger partial charge is 0.481 e. The van der Waals surface area contributed by atoms with Crippen molar-refractivity contribution in [3.63, 3.8) is 0 Å². The Morgan fingerprint density at radius 2 is 2.16 bits per heavy atom. The minimum absolute atomic E-state index is 0.0645. The Balaban J connectivity index is 2.53. The smallest absolute Gasteiger partial charge is 0.328 e.